The van der Waals surface area contributed by atoms with Gasteiger partial charge in [-0.1, -0.05) is 11.6 Å². The van der Waals surface area contributed by atoms with Gasteiger partial charge in [-0.05, 0) is 6.07 Å². The lowest BCUT2D eigenvalue weighted by Crippen LogP contribution is -2.21. The molecule has 0 spiro atoms. The van der Waals surface area contributed by atoms with Crippen molar-refractivity contribution in [1.29, 1.82) is 0 Å². The number of nitrogens with zero attached hydrogens (tertiary/aromatic N) is 1. The van der Waals surface area contributed by atoms with Crippen molar-refractivity contribution in [2.75, 3.05) is 0 Å². The first-order valence-electron chi connectivity index (χ1n) is 3.89. The highest BCUT2D eigenvalue weighted by atomic mass is 35.5. The van der Waals surface area contributed by atoms with Crippen molar-refractivity contribution >= 4 is 23.3 Å². The highest BCUT2D eigenvalue weighted by Crippen LogP contribution is 2.30. The van der Waals surface area contributed by atoms with Gasteiger partial charge in [0.1, 0.15) is 0 Å². The number of rotatable bonds is 4. The van der Waals surface area contributed by atoms with Gasteiger partial charge >= 0.3 is 18.0 Å². The summed E-state index contributed by atoms with van der Waals surface area (Å²) in [4.78, 5) is 19.8. The number of carboxylic acids is 1. The van der Waals surface area contributed by atoms with Gasteiger partial charge in [-0.3, -0.25) is 10.1 Å². The van der Waals surface area contributed by atoms with E-state index in [1.54, 1.807) is 0 Å². The predicted molar refractivity (Wildman–Crippen MR) is 51.3 cm³/mol. The topological polar surface area (TPSA) is 89.7 Å². The molecule has 1 aromatic rings. The number of hydrogen-bond donors (Lipinski definition) is 1. The number of hydrogen-bond acceptors (Lipinski definition) is 4. The van der Waals surface area contributed by atoms with Crippen LogP contribution in [0.5, 0.6) is 5.75 Å². The van der Waals surface area contributed by atoms with Crippen LogP contribution < -0.4 is 4.74 Å². The highest BCUT2D eigenvalue weighted by Gasteiger charge is 2.23. The first kappa shape index (κ1) is 12.2. The molecule has 6 nitrogen and oxygen atoms in total. The fourth-order valence-corrected chi connectivity index (χ4v) is 1.06. The zero-order chi connectivity index (χ0) is 12.3. The number of nitro groups is 1. The van der Waals surface area contributed by atoms with Crippen molar-refractivity contribution in [3.63, 3.8) is 0 Å². The Morgan fingerprint density at radius 3 is 2.75 bits per heavy atom. The van der Waals surface area contributed by atoms with Gasteiger partial charge in [0.2, 0.25) is 5.75 Å². The van der Waals surface area contributed by atoms with E-state index in [0.29, 0.717) is 0 Å². The Kier molecular flexibility index (Phi) is 3.62. The number of carboxylic acid groups (broad SMARTS) is 1. The van der Waals surface area contributed by atoms with Gasteiger partial charge in [0.25, 0.3) is 0 Å². The maximum atomic E-state index is 12.7. The average Bonchev–Trinajstić information content (AvgIpc) is 2.16. The van der Waals surface area contributed by atoms with Gasteiger partial charge in [-0.2, -0.15) is 4.39 Å². The van der Waals surface area contributed by atoms with Crippen molar-refractivity contribution in [2.24, 2.45) is 0 Å². The van der Waals surface area contributed by atoms with Crippen LogP contribution in [0.3, 0.4) is 0 Å². The number of benzene rings is 1. The van der Waals surface area contributed by atoms with E-state index in [2.05, 4.69) is 4.74 Å². The van der Waals surface area contributed by atoms with E-state index in [0.717, 1.165) is 12.1 Å². The van der Waals surface area contributed by atoms with Gasteiger partial charge < -0.3 is 9.84 Å². The largest absolute Gasteiger partial charge is 0.476 e. The molecule has 1 rings (SSSR count). The minimum Gasteiger partial charge on any atom is -0.476 e. The van der Waals surface area contributed by atoms with E-state index < -0.39 is 28.7 Å². The molecule has 0 heterocycles. The molecule has 0 fully saturated rings. The summed E-state index contributed by atoms with van der Waals surface area (Å²) in [5, 5.41) is 18.8. The molecule has 16 heavy (non-hydrogen) atoms. The summed E-state index contributed by atoms with van der Waals surface area (Å²) in [5.41, 5.74) is -0.562. The molecule has 0 amide bonds. The summed E-state index contributed by atoms with van der Waals surface area (Å²) in [7, 11) is 0. The quantitative estimate of drug-likeness (QED) is 0.651. The zero-order valence-electron chi connectivity index (χ0n) is 7.59. The molecule has 0 radical (unpaired) electrons. The van der Waals surface area contributed by atoms with Crippen LogP contribution >= 0.6 is 11.6 Å². The number of carbonyl (C=O) groups is 1. The summed E-state index contributed by atoms with van der Waals surface area (Å²) in [6, 6.07) is 3.17. The minimum absolute atomic E-state index is 0.0678. The second-order valence-corrected chi connectivity index (χ2v) is 3.08. The van der Waals surface area contributed by atoms with Gasteiger partial charge in [-0.25, -0.2) is 4.79 Å². The van der Waals surface area contributed by atoms with Crippen LogP contribution in [0.4, 0.5) is 10.1 Å². The van der Waals surface area contributed by atoms with Crippen LogP contribution in [-0.4, -0.2) is 22.4 Å². The normalized spacial score (nSPS) is 11.9. The highest BCUT2D eigenvalue weighted by molar-refractivity contribution is 6.30. The standard InChI is InChI=1S/C8H5ClFNO5/c9-4-1-2-5(11(14)15)6(3-4)16-7(10)8(12)13/h1-3,7H,(H,12,13). The summed E-state index contributed by atoms with van der Waals surface area (Å²) in [6.07, 6.45) is -2.68. The van der Waals surface area contributed by atoms with E-state index in [1.165, 1.54) is 6.07 Å². The molecule has 0 saturated carbocycles. The molecular weight excluding hydrogens is 245 g/mol. The summed E-state index contributed by atoms with van der Waals surface area (Å²) < 4.78 is 17.0. The Balaban J connectivity index is 3.05. The molecule has 0 aliphatic heterocycles. The van der Waals surface area contributed by atoms with Crippen molar-refractivity contribution < 1.29 is 24.0 Å². The lowest BCUT2D eigenvalue weighted by atomic mass is 10.3. The lowest BCUT2D eigenvalue weighted by molar-refractivity contribution is -0.386. The SMILES string of the molecule is O=C(O)C(F)Oc1cc(Cl)ccc1[N+](=O)[O-]. The molecule has 0 saturated heterocycles. The molecule has 0 aliphatic carbocycles. The second kappa shape index (κ2) is 4.75. The third kappa shape index (κ3) is 2.80. The van der Waals surface area contributed by atoms with Crippen LogP contribution in [0.25, 0.3) is 0 Å². The Morgan fingerprint density at radius 2 is 2.25 bits per heavy atom. The van der Waals surface area contributed by atoms with Crippen molar-refractivity contribution in [2.45, 2.75) is 6.36 Å². The minimum atomic E-state index is -2.68. The summed E-state index contributed by atoms with van der Waals surface area (Å²) in [5.74, 6) is -2.42. The summed E-state index contributed by atoms with van der Waals surface area (Å²) in [6.45, 7) is 0. The maximum absolute atomic E-state index is 12.7. The van der Waals surface area contributed by atoms with Gasteiger partial charge in [0, 0.05) is 17.2 Å². The van der Waals surface area contributed by atoms with Gasteiger partial charge in [-0.15, -0.1) is 0 Å². The molecule has 1 atom stereocenters. The van der Waals surface area contributed by atoms with Gasteiger partial charge in [0.15, 0.2) is 0 Å². The summed E-state index contributed by atoms with van der Waals surface area (Å²) >= 11 is 5.51. The van der Waals surface area contributed by atoms with E-state index in [1.807, 2.05) is 0 Å². The van der Waals surface area contributed by atoms with Crippen LogP contribution in [0, 0.1) is 10.1 Å². The molecule has 8 heteroatoms. The smallest absolute Gasteiger partial charge is 0.378 e. The molecule has 1 unspecified atom stereocenters. The number of nitro benzene ring substituents is 1. The first-order valence-corrected chi connectivity index (χ1v) is 4.27. The van der Waals surface area contributed by atoms with Crippen LogP contribution in [-0.2, 0) is 4.79 Å². The Hall–Kier alpha value is -1.89. The maximum Gasteiger partial charge on any atom is 0.378 e. The van der Waals surface area contributed by atoms with E-state index >= 15 is 0 Å². The first-order chi connectivity index (χ1) is 7.41. The van der Waals surface area contributed by atoms with Gasteiger partial charge in [0.05, 0.1) is 4.92 Å². The van der Waals surface area contributed by atoms with Crippen molar-refractivity contribution in [3.05, 3.63) is 33.3 Å². The van der Waals surface area contributed by atoms with Crippen LogP contribution in [0.1, 0.15) is 0 Å². The third-order valence-corrected chi connectivity index (χ3v) is 1.78. The van der Waals surface area contributed by atoms with Crippen LogP contribution in [0.15, 0.2) is 18.2 Å². The van der Waals surface area contributed by atoms with Crippen molar-refractivity contribution in [3.8, 4) is 5.75 Å². The number of alkyl halides is 1. The molecule has 1 aromatic carbocycles. The van der Waals surface area contributed by atoms with Crippen LogP contribution in [0.2, 0.25) is 5.02 Å². The second-order valence-electron chi connectivity index (χ2n) is 2.64. The van der Waals surface area contributed by atoms with E-state index in [-0.39, 0.29) is 5.02 Å². The van der Waals surface area contributed by atoms with E-state index in [4.69, 9.17) is 16.7 Å². The predicted octanol–water partition coefficient (Wildman–Crippen LogP) is 2.01. The lowest BCUT2D eigenvalue weighted by Gasteiger charge is -2.07. The zero-order valence-corrected chi connectivity index (χ0v) is 8.35. The molecule has 0 aliphatic rings. The molecule has 86 valence electrons. The molecule has 0 aromatic heterocycles. The Labute approximate surface area is 93.4 Å². The number of ether oxygens (including phenoxy) is 1. The number of aliphatic carboxylic acids is 1. The van der Waals surface area contributed by atoms with E-state index in [9.17, 15) is 19.3 Å². The molecule has 1 N–H and O–H groups in total. The third-order valence-electron chi connectivity index (χ3n) is 1.54. The van der Waals surface area contributed by atoms with Crippen molar-refractivity contribution in [1.82, 2.24) is 0 Å². The Morgan fingerprint density at radius 1 is 1.62 bits per heavy atom. The molecule has 0 bridgehead atoms. The fourth-order valence-electron chi connectivity index (χ4n) is 0.895. The monoisotopic (exact) mass is 249 g/mol. The molecular formula is C8H5ClFNO5. The Bertz CT molecular complexity index is 438. The fraction of sp³-hybridized carbons (Fsp3) is 0.125. The average molecular weight is 250 g/mol. The number of halogens is 2.